The minimum absolute atomic E-state index is 0.00387. The number of rotatable bonds is 9. The van der Waals surface area contributed by atoms with Crippen LogP contribution in [0.25, 0.3) is 0 Å². The van der Waals surface area contributed by atoms with Crippen LogP contribution >= 0.6 is 0 Å². The number of nitrogens with one attached hydrogen (secondary N) is 2. The van der Waals surface area contributed by atoms with Gasteiger partial charge in [-0.1, -0.05) is 18.2 Å². The molecule has 0 radical (unpaired) electrons. The molecule has 2 amide bonds. The van der Waals surface area contributed by atoms with Crippen LogP contribution in [-0.4, -0.2) is 49.6 Å². The molecule has 2 N–H and O–H groups in total. The Morgan fingerprint density at radius 1 is 0.968 bits per heavy atom. The van der Waals surface area contributed by atoms with Gasteiger partial charge in [-0.2, -0.15) is 0 Å². The minimum Gasteiger partial charge on any atom is -0.490 e. The van der Waals surface area contributed by atoms with Crippen molar-refractivity contribution >= 4 is 23.2 Å². The Morgan fingerprint density at radius 3 is 2.45 bits per heavy atom. The minimum atomic E-state index is -0.128. The second kappa shape index (κ2) is 11.4. The van der Waals surface area contributed by atoms with Crippen molar-refractivity contribution in [1.29, 1.82) is 0 Å². The molecule has 0 aliphatic carbocycles. The first-order valence-electron chi connectivity index (χ1n) is 10.9. The van der Waals surface area contributed by atoms with Crippen molar-refractivity contribution in [2.45, 2.75) is 26.7 Å². The molecule has 1 atom stereocenters. The second-order valence-electron chi connectivity index (χ2n) is 7.51. The summed E-state index contributed by atoms with van der Waals surface area (Å²) in [6.45, 7) is 6.48. The van der Waals surface area contributed by atoms with Gasteiger partial charge in [0, 0.05) is 24.0 Å². The average Bonchev–Trinajstić information content (AvgIpc) is 2.76. The summed E-state index contributed by atoms with van der Waals surface area (Å²) in [7, 11) is 0. The first kappa shape index (κ1) is 22.6. The largest absolute Gasteiger partial charge is 0.490 e. The lowest BCUT2D eigenvalue weighted by molar-refractivity contribution is -0.123. The lowest BCUT2D eigenvalue weighted by atomic mass is 9.97. The molecule has 0 spiro atoms. The number of ether oxygens (including phenoxy) is 2. The number of hydrogen-bond donors (Lipinski definition) is 2. The van der Waals surface area contributed by atoms with Gasteiger partial charge in [0.1, 0.15) is 0 Å². The van der Waals surface area contributed by atoms with E-state index in [0.717, 1.165) is 25.1 Å². The summed E-state index contributed by atoms with van der Waals surface area (Å²) in [5.41, 5.74) is 1.45. The number of benzene rings is 2. The molecule has 0 saturated carbocycles. The van der Waals surface area contributed by atoms with Gasteiger partial charge >= 0.3 is 0 Å². The van der Waals surface area contributed by atoms with Crippen molar-refractivity contribution in [2.75, 3.05) is 43.5 Å². The maximum atomic E-state index is 12.6. The predicted molar refractivity (Wildman–Crippen MR) is 122 cm³/mol. The molecule has 31 heavy (non-hydrogen) atoms. The molecule has 1 heterocycles. The monoisotopic (exact) mass is 425 g/mol. The first-order valence-corrected chi connectivity index (χ1v) is 10.9. The Morgan fingerprint density at radius 2 is 1.71 bits per heavy atom. The molecule has 1 aliphatic heterocycles. The number of nitrogens with zero attached hydrogens (tertiary/aromatic N) is 1. The zero-order valence-corrected chi connectivity index (χ0v) is 18.2. The van der Waals surface area contributed by atoms with E-state index in [1.54, 1.807) is 18.2 Å². The molecule has 1 fully saturated rings. The van der Waals surface area contributed by atoms with Gasteiger partial charge in [-0.3, -0.25) is 14.5 Å². The molecular formula is C24H31N3O4. The van der Waals surface area contributed by atoms with E-state index in [4.69, 9.17) is 9.47 Å². The smallest absolute Gasteiger partial charge is 0.238 e. The number of piperidine rings is 1. The zero-order valence-electron chi connectivity index (χ0n) is 18.2. The summed E-state index contributed by atoms with van der Waals surface area (Å²) < 4.78 is 11.2. The van der Waals surface area contributed by atoms with Crippen molar-refractivity contribution in [3.8, 4) is 11.5 Å². The molecule has 166 valence electrons. The number of carbonyl (C=O) groups is 2. The standard InChI is InChI=1S/C24H31N3O4/c1-3-30-21-13-12-20(15-22(21)31-4-2)25-23(28)17-27-14-8-9-18(16-27)24(29)26-19-10-6-5-7-11-19/h5-7,10-13,15,18H,3-4,8-9,14,16-17H2,1-2H3,(H,25,28)(H,26,29). The Balaban J connectivity index is 1.54. The molecule has 1 unspecified atom stereocenters. The topological polar surface area (TPSA) is 79.9 Å². The Labute approximate surface area is 183 Å². The van der Waals surface area contributed by atoms with Crippen LogP contribution in [0.3, 0.4) is 0 Å². The number of hydrogen-bond acceptors (Lipinski definition) is 5. The van der Waals surface area contributed by atoms with Crippen LogP contribution in [-0.2, 0) is 9.59 Å². The maximum absolute atomic E-state index is 12.6. The summed E-state index contributed by atoms with van der Waals surface area (Å²) in [4.78, 5) is 27.2. The van der Waals surface area contributed by atoms with Gasteiger partial charge in [-0.05, 0) is 57.5 Å². The Kier molecular flexibility index (Phi) is 8.29. The highest BCUT2D eigenvalue weighted by atomic mass is 16.5. The summed E-state index contributed by atoms with van der Waals surface area (Å²) >= 11 is 0. The highest BCUT2D eigenvalue weighted by Crippen LogP contribution is 2.30. The van der Waals surface area contributed by atoms with Crippen LogP contribution in [0, 0.1) is 5.92 Å². The number of carbonyl (C=O) groups excluding carboxylic acids is 2. The van der Waals surface area contributed by atoms with Gasteiger partial charge in [-0.15, -0.1) is 0 Å². The zero-order chi connectivity index (χ0) is 22.1. The van der Waals surface area contributed by atoms with Gasteiger partial charge < -0.3 is 20.1 Å². The SMILES string of the molecule is CCOc1ccc(NC(=O)CN2CCCC(C(=O)Nc3ccccc3)C2)cc1OCC. The number of anilines is 2. The van der Waals surface area contributed by atoms with E-state index in [1.807, 2.05) is 49.1 Å². The van der Waals surface area contributed by atoms with Crippen molar-refractivity contribution in [3.63, 3.8) is 0 Å². The van der Waals surface area contributed by atoms with Gasteiger partial charge in [0.05, 0.1) is 25.7 Å². The molecule has 7 heteroatoms. The summed E-state index contributed by atoms with van der Waals surface area (Å²) in [5.74, 6) is 1.03. The normalized spacial score (nSPS) is 16.4. The second-order valence-corrected chi connectivity index (χ2v) is 7.51. The van der Waals surface area contributed by atoms with E-state index in [2.05, 4.69) is 10.6 Å². The Hall–Kier alpha value is -3.06. The average molecular weight is 426 g/mol. The van der Waals surface area contributed by atoms with Crippen molar-refractivity contribution in [2.24, 2.45) is 5.92 Å². The van der Waals surface area contributed by atoms with Crippen LogP contribution in [0.1, 0.15) is 26.7 Å². The number of para-hydroxylation sites is 1. The quantitative estimate of drug-likeness (QED) is 0.639. The Bertz CT molecular complexity index is 872. The van der Waals surface area contributed by atoms with E-state index in [9.17, 15) is 9.59 Å². The summed E-state index contributed by atoms with van der Waals surface area (Å²) in [5, 5.41) is 5.89. The van der Waals surface area contributed by atoms with Gasteiger partial charge in [0.15, 0.2) is 11.5 Å². The molecule has 1 saturated heterocycles. The summed E-state index contributed by atoms with van der Waals surface area (Å²) in [6.07, 6.45) is 1.71. The van der Waals surface area contributed by atoms with Crippen molar-refractivity contribution < 1.29 is 19.1 Å². The fourth-order valence-electron chi connectivity index (χ4n) is 3.71. The lowest BCUT2D eigenvalue weighted by Crippen LogP contribution is -2.43. The number of amides is 2. The molecule has 0 aromatic heterocycles. The molecule has 0 bridgehead atoms. The fourth-order valence-corrected chi connectivity index (χ4v) is 3.71. The van der Waals surface area contributed by atoms with Crippen LogP contribution in [0.2, 0.25) is 0 Å². The maximum Gasteiger partial charge on any atom is 0.238 e. The lowest BCUT2D eigenvalue weighted by Gasteiger charge is -2.31. The van der Waals surface area contributed by atoms with Crippen molar-refractivity contribution in [1.82, 2.24) is 4.90 Å². The molecule has 1 aliphatic rings. The predicted octanol–water partition coefficient (Wildman–Crippen LogP) is 3.77. The third-order valence-electron chi connectivity index (χ3n) is 5.11. The van der Waals surface area contributed by atoms with Crippen molar-refractivity contribution in [3.05, 3.63) is 48.5 Å². The van der Waals surface area contributed by atoms with Gasteiger partial charge in [0.25, 0.3) is 0 Å². The highest BCUT2D eigenvalue weighted by Gasteiger charge is 2.27. The molecule has 7 nitrogen and oxygen atoms in total. The third kappa shape index (κ3) is 6.72. The van der Waals surface area contributed by atoms with Gasteiger partial charge in [0.2, 0.25) is 11.8 Å². The molecule has 3 rings (SSSR count). The molecular weight excluding hydrogens is 394 g/mol. The molecule has 2 aromatic rings. The first-order chi connectivity index (χ1) is 15.1. The van der Waals surface area contributed by atoms with E-state index in [-0.39, 0.29) is 24.3 Å². The third-order valence-corrected chi connectivity index (χ3v) is 5.11. The summed E-state index contributed by atoms with van der Waals surface area (Å²) in [6, 6.07) is 14.8. The van der Waals surface area contributed by atoms with Crippen LogP contribution in [0.5, 0.6) is 11.5 Å². The van der Waals surface area contributed by atoms with Crippen LogP contribution < -0.4 is 20.1 Å². The van der Waals surface area contributed by atoms with Crippen LogP contribution in [0.4, 0.5) is 11.4 Å². The fraction of sp³-hybridized carbons (Fsp3) is 0.417. The van der Waals surface area contributed by atoms with Gasteiger partial charge in [-0.25, -0.2) is 0 Å². The van der Waals surface area contributed by atoms with Crippen LogP contribution in [0.15, 0.2) is 48.5 Å². The van der Waals surface area contributed by atoms with E-state index < -0.39 is 0 Å². The number of likely N-dealkylation sites (tertiary alicyclic amines) is 1. The van der Waals surface area contributed by atoms with E-state index in [0.29, 0.717) is 36.9 Å². The highest BCUT2D eigenvalue weighted by molar-refractivity contribution is 5.94. The molecule has 2 aromatic carbocycles. The van der Waals surface area contributed by atoms with E-state index >= 15 is 0 Å². The van der Waals surface area contributed by atoms with E-state index in [1.165, 1.54) is 0 Å².